The third-order valence-electron chi connectivity index (χ3n) is 14.0. The van der Waals surface area contributed by atoms with Gasteiger partial charge < -0.3 is 9.80 Å². The lowest BCUT2D eigenvalue weighted by Crippen LogP contribution is -2.34. The van der Waals surface area contributed by atoms with Gasteiger partial charge in [0, 0.05) is 44.7 Å². The van der Waals surface area contributed by atoms with Crippen LogP contribution in [-0.4, -0.2) is 0 Å². The van der Waals surface area contributed by atoms with E-state index in [4.69, 9.17) is 0 Å². The van der Waals surface area contributed by atoms with Gasteiger partial charge in [-0.15, -0.1) is 0 Å². The normalized spacial score (nSPS) is 19.8. The minimum absolute atomic E-state index is 0.00204. The van der Waals surface area contributed by atoms with E-state index < -0.39 is 0 Å². The van der Waals surface area contributed by atoms with Gasteiger partial charge in [-0.25, -0.2) is 0 Å². The second-order valence-electron chi connectivity index (χ2n) is 17.4. The number of para-hydroxylation sites is 2. The van der Waals surface area contributed by atoms with Gasteiger partial charge in [0.2, 0.25) is 0 Å². The van der Waals surface area contributed by atoms with Crippen molar-refractivity contribution in [2.75, 3.05) is 9.80 Å². The summed E-state index contributed by atoms with van der Waals surface area (Å²) in [5.74, 6) is 1.42. The highest BCUT2D eigenvalue weighted by Gasteiger charge is 2.52. The van der Waals surface area contributed by atoms with Crippen molar-refractivity contribution in [3.8, 4) is 11.1 Å². The number of hydrogen-bond acceptors (Lipinski definition) is 2. The zero-order valence-corrected chi connectivity index (χ0v) is 33.4. The van der Waals surface area contributed by atoms with Crippen molar-refractivity contribution >= 4 is 44.9 Å². The van der Waals surface area contributed by atoms with Gasteiger partial charge in [-0.1, -0.05) is 148 Å². The molecule has 2 fully saturated rings. The van der Waals surface area contributed by atoms with Gasteiger partial charge in [-0.05, 0) is 137 Å². The summed E-state index contributed by atoms with van der Waals surface area (Å²) >= 11 is 0. The van der Waals surface area contributed by atoms with E-state index in [9.17, 15) is 0 Å². The SMILES string of the molecule is CC1(C)c2ccccc2-c2ccc(N(c3ccc(C4(c5ccc(N(c6ccccc6)c6ccccc6)cc5)CC5CCC4C5)cc3)c3cccc4ccccc34)cc21. The number of benzene rings is 8. The number of anilines is 6. The summed E-state index contributed by atoms with van der Waals surface area (Å²) in [6.07, 6.45) is 5.18. The maximum Gasteiger partial charge on any atom is 0.0540 e. The molecule has 3 unspecified atom stereocenters. The van der Waals surface area contributed by atoms with E-state index in [-0.39, 0.29) is 10.8 Å². The molecule has 2 heteroatoms. The largest absolute Gasteiger partial charge is 0.311 e. The molecule has 0 radical (unpaired) electrons. The first kappa shape index (κ1) is 34.8. The van der Waals surface area contributed by atoms with Crippen LogP contribution in [0.5, 0.6) is 0 Å². The van der Waals surface area contributed by atoms with E-state index in [0.29, 0.717) is 5.92 Å². The fourth-order valence-electron chi connectivity index (χ4n) is 11.3. The molecule has 0 amide bonds. The number of nitrogens with zero attached hydrogens (tertiary/aromatic N) is 2. The van der Waals surface area contributed by atoms with Crippen molar-refractivity contribution in [3.63, 3.8) is 0 Å². The van der Waals surface area contributed by atoms with E-state index in [1.54, 1.807) is 0 Å². The average Bonchev–Trinajstić information content (AvgIpc) is 3.97. The zero-order chi connectivity index (χ0) is 38.8. The Labute approximate surface area is 343 Å². The summed E-state index contributed by atoms with van der Waals surface area (Å²) in [6.45, 7) is 4.75. The molecule has 3 aliphatic carbocycles. The van der Waals surface area contributed by atoms with E-state index in [1.807, 2.05) is 0 Å². The van der Waals surface area contributed by atoms with Gasteiger partial charge in [0.05, 0.1) is 5.69 Å². The van der Waals surface area contributed by atoms with Gasteiger partial charge in [0.15, 0.2) is 0 Å². The van der Waals surface area contributed by atoms with Crippen molar-refractivity contribution < 1.29 is 0 Å². The topological polar surface area (TPSA) is 6.48 Å². The molecule has 2 nitrogen and oxygen atoms in total. The summed E-state index contributed by atoms with van der Waals surface area (Å²) < 4.78 is 0. The predicted molar refractivity (Wildman–Crippen MR) is 244 cm³/mol. The Morgan fingerprint density at radius 1 is 0.448 bits per heavy atom. The minimum Gasteiger partial charge on any atom is -0.311 e. The molecule has 2 bridgehead atoms. The molecule has 0 spiro atoms. The molecule has 0 saturated heterocycles. The second kappa shape index (κ2) is 13.6. The monoisotopic (exact) mass is 748 g/mol. The van der Waals surface area contributed by atoms with Gasteiger partial charge in [-0.2, -0.15) is 0 Å². The molecule has 11 rings (SSSR count). The molecule has 8 aromatic rings. The summed E-state index contributed by atoms with van der Waals surface area (Å²) in [5, 5.41) is 2.50. The number of fused-ring (bicyclic) bond motifs is 6. The van der Waals surface area contributed by atoms with Crippen LogP contribution in [0.1, 0.15) is 61.8 Å². The van der Waals surface area contributed by atoms with E-state index in [0.717, 1.165) is 5.92 Å². The Morgan fingerprint density at radius 3 is 1.66 bits per heavy atom. The van der Waals surface area contributed by atoms with Gasteiger partial charge in [0.1, 0.15) is 0 Å². The highest BCUT2D eigenvalue weighted by atomic mass is 15.1. The lowest BCUT2D eigenvalue weighted by molar-refractivity contribution is 0.320. The fraction of sp³-hybridized carbons (Fsp3) is 0.179. The van der Waals surface area contributed by atoms with Crippen LogP contribution in [0.4, 0.5) is 34.1 Å². The maximum absolute atomic E-state index is 2.50. The van der Waals surface area contributed by atoms with Crippen molar-refractivity contribution in [2.45, 2.75) is 50.4 Å². The minimum atomic E-state index is -0.0842. The molecule has 0 aliphatic heterocycles. The first-order valence-electron chi connectivity index (χ1n) is 21.1. The summed E-state index contributed by atoms with van der Waals surface area (Å²) in [6, 6.07) is 72.4. The van der Waals surface area contributed by atoms with Crippen LogP contribution >= 0.6 is 0 Å². The van der Waals surface area contributed by atoms with Crippen molar-refractivity contribution in [1.82, 2.24) is 0 Å². The molecule has 282 valence electrons. The lowest BCUT2D eigenvalue weighted by Gasteiger charge is -2.40. The highest BCUT2D eigenvalue weighted by Crippen LogP contribution is 2.60. The van der Waals surface area contributed by atoms with Crippen LogP contribution in [0.25, 0.3) is 21.9 Å². The molecule has 8 aromatic carbocycles. The van der Waals surface area contributed by atoms with Crippen molar-refractivity contribution in [2.24, 2.45) is 11.8 Å². The Kier molecular flexibility index (Phi) is 8.19. The lowest BCUT2D eigenvalue weighted by atomic mass is 9.64. The summed E-state index contributed by atoms with van der Waals surface area (Å²) in [7, 11) is 0. The smallest absolute Gasteiger partial charge is 0.0540 e. The Bertz CT molecular complexity index is 2720. The van der Waals surface area contributed by atoms with Gasteiger partial charge in [0.25, 0.3) is 0 Å². The molecule has 0 heterocycles. The third kappa shape index (κ3) is 5.46. The molecule has 0 N–H and O–H groups in total. The van der Waals surface area contributed by atoms with Gasteiger partial charge in [-0.3, -0.25) is 0 Å². The Balaban J connectivity index is 1.01. The van der Waals surface area contributed by atoms with Gasteiger partial charge >= 0.3 is 0 Å². The molecule has 0 aromatic heterocycles. The highest BCUT2D eigenvalue weighted by molar-refractivity contribution is 5.99. The van der Waals surface area contributed by atoms with Crippen LogP contribution in [-0.2, 0) is 10.8 Å². The summed E-state index contributed by atoms with van der Waals surface area (Å²) in [5.41, 5.74) is 15.4. The fourth-order valence-corrected chi connectivity index (χ4v) is 11.3. The predicted octanol–water partition coefficient (Wildman–Crippen LogP) is 15.2. The summed E-state index contributed by atoms with van der Waals surface area (Å²) in [4.78, 5) is 4.86. The zero-order valence-electron chi connectivity index (χ0n) is 33.4. The first-order valence-corrected chi connectivity index (χ1v) is 21.1. The van der Waals surface area contributed by atoms with Crippen molar-refractivity contribution in [1.29, 1.82) is 0 Å². The van der Waals surface area contributed by atoms with Crippen LogP contribution in [0.2, 0.25) is 0 Å². The molecular weight excluding hydrogens is 701 g/mol. The molecule has 58 heavy (non-hydrogen) atoms. The van der Waals surface area contributed by atoms with E-state index >= 15 is 0 Å². The molecule has 3 aliphatic rings. The Hall–Kier alpha value is -6.38. The maximum atomic E-state index is 2.50. The number of rotatable bonds is 8. The standard InChI is InChI=1S/C56H48N2/c1-55(2)52-22-12-11-21-50(52)51-35-34-48(37-53(51)55)58(54-23-13-15-40-14-9-10-20-49(40)54)47-32-28-42(29-33-47)56(38-39-24-25-43(56)36-39)41-26-30-46(31-27-41)57(44-16-5-3-6-17-44)45-18-7-4-8-19-45/h3-23,26-35,37,39,43H,24-25,36,38H2,1-2H3. The van der Waals surface area contributed by atoms with E-state index in [1.165, 1.54) is 104 Å². The molecule has 3 atom stereocenters. The van der Waals surface area contributed by atoms with Crippen LogP contribution in [0.15, 0.2) is 194 Å². The molecular formula is C56H48N2. The second-order valence-corrected chi connectivity index (χ2v) is 17.4. The molecule has 2 saturated carbocycles. The van der Waals surface area contributed by atoms with E-state index in [2.05, 4.69) is 218 Å². The van der Waals surface area contributed by atoms with Crippen LogP contribution in [0, 0.1) is 11.8 Å². The average molecular weight is 749 g/mol. The quantitative estimate of drug-likeness (QED) is 0.153. The van der Waals surface area contributed by atoms with Crippen LogP contribution < -0.4 is 9.80 Å². The van der Waals surface area contributed by atoms with Crippen LogP contribution in [0.3, 0.4) is 0 Å². The third-order valence-corrected chi connectivity index (χ3v) is 14.0. The van der Waals surface area contributed by atoms with Crippen molar-refractivity contribution in [3.05, 3.63) is 216 Å². The Morgan fingerprint density at radius 2 is 1.00 bits per heavy atom. The first-order chi connectivity index (χ1) is 28.5. The number of hydrogen-bond donors (Lipinski definition) is 0.